The number of methoxy groups -OCH3 is 1. The third-order valence-electron chi connectivity index (χ3n) is 7.04. The van der Waals surface area contributed by atoms with Crippen LogP contribution in [0.1, 0.15) is 53.4 Å². The maximum Gasteiger partial charge on any atom is 0.0987 e. The van der Waals surface area contributed by atoms with E-state index in [-0.39, 0.29) is 6.10 Å². The third kappa shape index (κ3) is 1.89. The summed E-state index contributed by atoms with van der Waals surface area (Å²) in [4.78, 5) is 0. The molecule has 116 valence electrons. The molecule has 0 saturated heterocycles. The molecule has 3 rings (SSSR count). The van der Waals surface area contributed by atoms with Crippen molar-refractivity contribution in [2.24, 2.45) is 16.7 Å². The molecule has 20 heavy (non-hydrogen) atoms. The Kier molecular flexibility index (Phi) is 3.67. The Hall–Kier alpha value is -0.120. The van der Waals surface area contributed by atoms with Crippen LogP contribution in [0.15, 0.2) is 0 Å². The van der Waals surface area contributed by atoms with Crippen molar-refractivity contribution < 1.29 is 9.47 Å². The van der Waals surface area contributed by atoms with Gasteiger partial charge in [-0.05, 0) is 49.0 Å². The first-order valence-corrected chi connectivity index (χ1v) is 8.35. The molecule has 1 N–H and O–H groups in total. The molecule has 2 bridgehead atoms. The Labute approximate surface area is 123 Å². The van der Waals surface area contributed by atoms with Crippen molar-refractivity contribution in [2.75, 3.05) is 13.7 Å². The van der Waals surface area contributed by atoms with Crippen LogP contribution in [0.3, 0.4) is 0 Å². The highest BCUT2D eigenvalue weighted by molar-refractivity contribution is 5.12. The van der Waals surface area contributed by atoms with Crippen LogP contribution in [0.5, 0.6) is 0 Å². The molecular weight excluding hydrogens is 250 g/mol. The van der Waals surface area contributed by atoms with Crippen LogP contribution in [0.2, 0.25) is 0 Å². The molecule has 3 heteroatoms. The lowest BCUT2D eigenvalue weighted by Crippen LogP contribution is -2.61. The predicted molar refractivity (Wildman–Crippen MR) is 80.8 cm³/mol. The zero-order valence-electron chi connectivity index (χ0n) is 13.7. The van der Waals surface area contributed by atoms with E-state index < -0.39 is 0 Å². The molecule has 3 saturated carbocycles. The highest BCUT2D eigenvalue weighted by Gasteiger charge is 2.63. The number of likely N-dealkylation sites (N-methyl/N-ethyl adjacent to an activating group) is 1. The SMILES string of the molecule is CCNC1CC(OC2CC3CCC2(C)C3(C)C)C1OC. The molecule has 0 aromatic rings. The van der Waals surface area contributed by atoms with E-state index in [0.717, 1.165) is 18.9 Å². The number of rotatable bonds is 5. The summed E-state index contributed by atoms with van der Waals surface area (Å²) in [5.41, 5.74) is 0.796. The smallest absolute Gasteiger partial charge is 0.0987 e. The van der Waals surface area contributed by atoms with E-state index in [1.807, 2.05) is 7.11 Å². The number of hydrogen-bond donors (Lipinski definition) is 1. The van der Waals surface area contributed by atoms with E-state index in [9.17, 15) is 0 Å². The summed E-state index contributed by atoms with van der Waals surface area (Å²) in [6, 6.07) is 0.481. The van der Waals surface area contributed by atoms with Crippen LogP contribution >= 0.6 is 0 Å². The molecule has 0 heterocycles. The van der Waals surface area contributed by atoms with Crippen molar-refractivity contribution in [3.8, 4) is 0 Å². The lowest BCUT2D eigenvalue weighted by Gasteiger charge is -2.48. The van der Waals surface area contributed by atoms with Gasteiger partial charge in [0.1, 0.15) is 0 Å². The van der Waals surface area contributed by atoms with E-state index >= 15 is 0 Å². The van der Waals surface area contributed by atoms with E-state index in [1.54, 1.807) is 0 Å². The second-order valence-corrected chi connectivity index (χ2v) is 7.87. The fourth-order valence-electron chi connectivity index (χ4n) is 5.04. The van der Waals surface area contributed by atoms with Gasteiger partial charge in [-0.15, -0.1) is 0 Å². The fourth-order valence-corrected chi connectivity index (χ4v) is 5.04. The van der Waals surface area contributed by atoms with Crippen LogP contribution in [-0.4, -0.2) is 38.0 Å². The fraction of sp³-hybridized carbons (Fsp3) is 1.00. The van der Waals surface area contributed by atoms with Crippen molar-refractivity contribution >= 4 is 0 Å². The first-order valence-electron chi connectivity index (χ1n) is 8.35. The van der Waals surface area contributed by atoms with Crippen molar-refractivity contribution in [2.45, 2.75) is 77.7 Å². The Bertz CT molecular complexity index is 370. The topological polar surface area (TPSA) is 30.5 Å². The van der Waals surface area contributed by atoms with Crippen molar-refractivity contribution in [1.82, 2.24) is 5.32 Å². The van der Waals surface area contributed by atoms with Crippen LogP contribution in [-0.2, 0) is 9.47 Å². The standard InChI is InChI=1S/C17H31NO2/c1-6-18-12-10-13(15(12)19-5)20-14-9-11-7-8-17(14,4)16(11,2)3/h11-15,18H,6-10H2,1-5H3. The minimum absolute atomic E-state index is 0.237. The molecule has 0 aromatic carbocycles. The average Bonchev–Trinajstić information content (AvgIpc) is 2.70. The van der Waals surface area contributed by atoms with Gasteiger partial charge >= 0.3 is 0 Å². The zero-order chi connectivity index (χ0) is 14.5. The van der Waals surface area contributed by atoms with Gasteiger partial charge in [0.2, 0.25) is 0 Å². The number of nitrogens with one attached hydrogen (secondary N) is 1. The van der Waals surface area contributed by atoms with Crippen molar-refractivity contribution in [3.63, 3.8) is 0 Å². The van der Waals surface area contributed by atoms with E-state index in [2.05, 4.69) is 33.0 Å². The maximum atomic E-state index is 6.53. The van der Waals surface area contributed by atoms with Gasteiger partial charge in [0.05, 0.1) is 18.3 Å². The lowest BCUT2D eigenvalue weighted by molar-refractivity contribution is -0.182. The highest BCUT2D eigenvalue weighted by atomic mass is 16.5. The predicted octanol–water partition coefficient (Wildman–Crippen LogP) is 2.98. The van der Waals surface area contributed by atoms with Gasteiger partial charge in [0.15, 0.2) is 0 Å². The molecule has 0 amide bonds. The molecule has 6 atom stereocenters. The van der Waals surface area contributed by atoms with Crippen LogP contribution in [0, 0.1) is 16.7 Å². The number of hydrogen-bond acceptors (Lipinski definition) is 3. The molecule has 3 aliphatic carbocycles. The zero-order valence-corrected chi connectivity index (χ0v) is 13.7. The van der Waals surface area contributed by atoms with Gasteiger partial charge in [-0.2, -0.15) is 0 Å². The summed E-state index contributed by atoms with van der Waals surface area (Å²) in [6.45, 7) is 10.5. The van der Waals surface area contributed by atoms with Gasteiger partial charge in [-0.3, -0.25) is 0 Å². The second-order valence-electron chi connectivity index (χ2n) is 7.87. The molecule has 6 unspecified atom stereocenters. The van der Waals surface area contributed by atoms with Gasteiger partial charge in [0.25, 0.3) is 0 Å². The molecule has 3 aliphatic rings. The summed E-state index contributed by atoms with van der Waals surface area (Å²) >= 11 is 0. The minimum atomic E-state index is 0.237. The van der Waals surface area contributed by atoms with Crippen molar-refractivity contribution in [1.29, 1.82) is 0 Å². The van der Waals surface area contributed by atoms with Crippen LogP contribution < -0.4 is 5.32 Å². The molecule has 3 nitrogen and oxygen atoms in total. The first-order chi connectivity index (χ1) is 9.44. The normalized spacial score (nSPS) is 49.4. The maximum absolute atomic E-state index is 6.53. The van der Waals surface area contributed by atoms with Gasteiger partial charge in [-0.1, -0.05) is 27.7 Å². The highest BCUT2D eigenvalue weighted by Crippen LogP contribution is 2.66. The lowest BCUT2D eigenvalue weighted by atomic mass is 9.70. The summed E-state index contributed by atoms with van der Waals surface area (Å²) in [6.07, 6.45) is 6.04. The van der Waals surface area contributed by atoms with E-state index in [4.69, 9.17) is 9.47 Å². The summed E-state index contributed by atoms with van der Waals surface area (Å²) in [5.74, 6) is 0.850. The summed E-state index contributed by atoms with van der Waals surface area (Å²) in [5, 5.41) is 3.49. The first kappa shape index (κ1) is 14.8. The number of ether oxygens (including phenoxy) is 2. The largest absolute Gasteiger partial charge is 0.377 e. The monoisotopic (exact) mass is 281 g/mol. The van der Waals surface area contributed by atoms with E-state index in [0.29, 0.717) is 29.1 Å². The van der Waals surface area contributed by atoms with E-state index in [1.165, 1.54) is 19.3 Å². The van der Waals surface area contributed by atoms with Gasteiger partial charge < -0.3 is 14.8 Å². The quantitative estimate of drug-likeness (QED) is 0.840. The summed E-state index contributed by atoms with van der Waals surface area (Å²) in [7, 11) is 1.82. The van der Waals surface area contributed by atoms with Crippen molar-refractivity contribution in [3.05, 3.63) is 0 Å². The van der Waals surface area contributed by atoms with Gasteiger partial charge in [-0.25, -0.2) is 0 Å². The Balaban J connectivity index is 1.63. The molecule has 0 radical (unpaired) electrons. The van der Waals surface area contributed by atoms with Crippen LogP contribution in [0.4, 0.5) is 0 Å². The molecular formula is C17H31NO2. The Morgan fingerprint density at radius 2 is 1.95 bits per heavy atom. The average molecular weight is 281 g/mol. The Morgan fingerprint density at radius 1 is 1.20 bits per heavy atom. The summed E-state index contributed by atoms with van der Waals surface area (Å²) < 4.78 is 12.2. The molecule has 0 aromatic heterocycles. The number of fused-ring (bicyclic) bond motifs is 2. The minimum Gasteiger partial charge on any atom is -0.377 e. The van der Waals surface area contributed by atoms with Crippen LogP contribution in [0.25, 0.3) is 0 Å². The van der Waals surface area contributed by atoms with Gasteiger partial charge in [0, 0.05) is 13.2 Å². The second kappa shape index (κ2) is 4.96. The third-order valence-corrected chi connectivity index (χ3v) is 7.04. The Morgan fingerprint density at radius 3 is 2.45 bits per heavy atom. The molecule has 0 aliphatic heterocycles. The molecule has 0 spiro atoms. The molecule has 3 fully saturated rings.